The second-order valence-corrected chi connectivity index (χ2v) is 8.17. The minimum atomic E-state index is -0.705. The summed E-state index contributed by atoms with van der Waals surface area (Å²) in [4.78, 5) is 30.1. The SMILES string of the molecule is CCN(CC)CCN1C(=O)C(O)=C(C(=O)c2ccc(C)o2)C1c1ccc(OC(C)C)cc1. The topological polar surface area (TPSA) is 83.2 Å². The summed E-state index contributed by atoms with van der Waals surface area (Å²) in [5, 5.41) is 10.7. The zero-order valence-corrected chi connectivity index (χ0v) is 19.4. The monoisotopic (exact) mass is 440 g/mol. The van der Waals surface area contributed by atoms with Crippen molar-refractivity contribution < 1.29 is 23.8 Å². The fourth-order valence-corrected chi connectivity index (χ4v) is 3.94. The first-order valence-corrected chi connectivity index (χ1v) is 11.1. The lowest BCUT2D eigenvalue weighted by atomic mass is 9.95. The third-order valence-corrected chi connectivity index (χ3v) is 5.63. The molecule has 0 spiro atoms. The number of ether oxygens (including phenoxy) is 1. The van der Waals surface area contributed by atoms with E-state index >= 15 is 0 Å². The van der Waals surface area contributed by atoms with E-state index in [1.54, 1.807) is 24.0 Å². The third-order valence-electron chi connectivity index (χ3n) is 5.63. The molecule has 1 aliphatic rings. The normalized spacial score (nSPS) is 16.5. The maximum Gasteiger partial charge on any atom is 0.290 e. The van der Waals surface area contributed by atoms with Gasteiger partial charge in [0.05, 0.1) is 17.7 Å². The van der Waals surface area contributed by atoms with Gasteiger partial charge < -0.3 is 24.1 Å². The zero-order valence-electron chi connectivity index (χ0n) is 19.4. The lowest BCUT2D eigenvalue weighted by Crippen LogP contribution is -2.38. The number of amides is 1. The molecule has 1 atom stereocenters. The summed E-state index contributed by atoms with van der Waals surface area (Å²) in [5.41, 5.74) is 0.770. The molecule has 0 fully saturated rings. The molecule has 7 heteroatoms. The highest BCUT2D eigenvalue weighted by atomic mass is 16.5. The van der Waals surface area contributed by atoms with E-state index in [0.717, 1.165) is 18.7 Å². The quantitative estimate of drug-likeness (QED) is 0.555. The van der Waals surface area contributed by atoms with Crippen molar-refractivity contribution in [3.8, 4) is 5.75 Å². The molecule has 1 aliphatic heterocycles. The predicted octanol–water partition coefficient (Wildman–Crippen LogP) is 4.30. The van der Waals surface area contributed by atoms with Crippen LogP contribution in [0.5, 0.6) is 5.75 Å². The van der Waals surface area contributed by atoms with Gasteiger partial charge in [0.15, 0.2) is 11.5 Å². The van der Waals surface area contributed by atoms with Gasteiger partial charge in [-0.05, 0) is 63.7 Å². The van der Waals surface area contributed by atoms with Crippen LogP contribution in [-0.4, -0.2) is 58.9 Å². The number of likely N-dealkylation sites (N-methyl/N-ethyl adjacent to an activating group) is 1. The highest BCUT2D eigenvalue weighted by molar-refractivity contribution is 6.15. The Morgan fingerprint density at radius 1 is 1.16 bits per heavy atom. The minimum absolute atomic E-state index is 0.0303. The Labute approximate surface area is 189 Å². The van der Waals surface area contributed by atoms with Gasteiger partial charge in [0.2, 0.25) is 5.78 Å². The number of Topliss-reactive ketones (excluding diaryl/α,β-unsaturated/α-hetero) is 1. The molecule has 0 saturated heterocycles. The average molecular weight is 441 g/mol. The number of carbonyl (C=O) groups is 2. The molecule has 0 aliphatic carbocycles. The van der Waals surface area contributed by atoms with E-state index in [1.165, 1.54) is 0 Å². The molecule has 1 amide bonds. The van der Waals surface area contributed by atoms with Crippen LogP contribution < -0.4 is 4.74 Å². The number of aliphatic hydroxyl groups is 1. The number of aliphatic hydroxyl groups excluding tert-OH is 1. The van der Waals surface area contributed by atoms with Crippen LogP contribution in [0.15, 0.2) is 52.1 Å². The fourth-order valence-electron chi connectivity index (χ4n) is 3.94. The highest BCUT2D eigenvalue weighted by Gasteiger charge is 2.44. The Morgan fingerprint density at radius 2 is 1.81 bits per heavy atom. The number of carbonyl (C=O) groups excluding carboxylic acids is 2. The number of hydrogen-bond donors (Lipinski definition) is 1. The first kappa shape index (κ1) is 23.6. The Hall–Kier alpha value is -3.06. The number of ketones is 1. The van der Waals surface area contributed by atoms with E-state index in [9.17, 15) is 14.7 Å². The summed E-state index contributed by atoms with van der Waals surface area (Å²) in [6.45, 7) is 12.5. The molecule has 1 unspecified atom stereocenters. The van der Waals surface area contributed by atoms with Gasteiger partial charge in [-0.3, -0.25) is 9.59 Å². The number of benzene rings is 1. The molecule has 3 rings (SSSR count). The molecular weight excluding hydrogens is 408 g/mol. The van der Waals surface area contributed by atoms with Crippen molar-refractivity contribution in [2.45, 2.75) is 46.8 Å². The van der Waals surface area contributed by atoms with Gasteiger partial charge in [0, 0.05) is 13.1 Å². The van der Waals surface area contributed by atoms with Crippen LogP contribution in [0.25, 0.3) is 0 Å². The van der Waals surface area contributed by atoms with Crippen LogP contribution in [0.2, 0.25) is 0 Å². The maximum absolute atomic E-state index is 13.3. The van der Waals surface area contributed by atoms with Crippen LogP contribution >= 0.6 is 0 Å². The first-order chi connectivity index (χ1) is 15.3. The van der Waals surface area contributed by atoms with Crippen LogP contribution in [-0.2, 0) is 4.79 Å². The van der Waals surface area contributed by atoms with Crippen LogP contribution in [0, 0.1) is 6.92 Å². The van der Waals surface area contributed by atoms with Gasteiger partial charge in [-0.25, -0.2) is 0 Å². The molecule has 0 bridgehead atoms. The van der Waals surface area contributed by atoms with Crippen molar-refractivity contribution in [3.05, 3.63) is 64.8 Å². The van der Waals surface area contributed by atoms with Crippen molar-refractivity contribution in [2.24, 2.45) is 0 Å². The first-order valence-electron chi connectivity index (χ1n) is 11.1. The highest BCUT2D eigenvalue weighted by Crippen LogP contribution is 2.39. The van der Waals surface area contributed by atoms with E-state index in [4.69, 9.17) is 9.15 Å². The van der Waals surface area contributed by atoms with Gasteiger partial charge in [0.1, 0.15) is 11.5 Å². The minimum Gasteiger partial charge on any atom is -0.503 e. The van der Waals surface area contributed by atoms with Gasteiger partial charge >= 0.3 is 0 Å². The molecule has 2 heterocycles. The molecule has 1 aromatic carbocycles. The fraction of sp³-hybridized carbons (Fsp3) is 0.440. The van der Waals surface area contributed by atoms with Crippen molar-refractivity contribution in [1.82, 2.24) is 9.80 Å². The Bertz CT molecular complexity index is 986. The maximum atomic E-state index is 13.3. The molecular formula is C25H32N2O5. The van der Waals surface area contributed by atoms with E-state index < -0.39 is 23.5 Å². The molecule has 1 N–H and O–H groups in total. The molecule has 7 nitrogen and oxygen atoms in total. The zero-order chi connectivity index (χ0) is 23.4. The number of hydrogen-bond acceptors (Lipinski definition) is 6. The van der Waals surface area contributed by atoms with Crippen LogP contribution in [0.1, 0.15) is 55.6 Å². The van der Waals surface area contributed by atoms with Crippen LogP contribution in [0.3, 0.4) is 0 Å². The smallest absolute Gasteiger partial charge is 0.290 e. The number of aryl methyl sites for hydroxylation is 1. The van der Waals surface area contributed by atoms with Crippen molar-refractivity contribution in [1.29, 1.82) is 0 Å². The summed E-state index contributed by atoms with van der Waals surface area (Å²) >= 11 is 0. The molecule has 0 radical (unpaired) electrons. The van der Waals surface area contributed by atoms with E-state index in [-0.39, 0.29) is 17.4 Å². The molecule has 1 aromatic heterocycles. The number of nitrogens with zero attached hydrogens (tertiary/aromatic N) is 2. The van der Waals surface area contributed by atoms with Gasteiger partial charge in [-0.2, -0.15) is 0 Å². The van der Waals surface area contributed by atoms with E-state index in [2.05, 4.69) is 18.7 Å². The largest absolute Gasteiger partial charge is 0.503 e. The second-order valence-electron chi connectivity index (χ2n) is 8.17. The number of furan rings is 1. The summed E-state index contributed by atoms with van der Waals surface area (Å²) in [7, 11) is 0. The Balaban J connectivity index is 1.99. The summed E-state index contributed by atoms with van der Waals surface area (Å²) in [6.07, 6.45) is 0.0303. The summed E-state index contributed by atoms with van der Waals surface area (Å²) < 4.78 is 11.2. The second kappa shape index (κ2) is 10.0. The lowest BCUT2D eigenvalue weighted by molar-refractivity contribution is -0.129. The average Bonchev–Trinajstić information content (AvgIpc) is 3.30. The van der Waals surface area contributed by atoms with E-state index in [0.29, 0.717) is 24.6 Å². The third kappa shape index (κ3) is 4.88. The number of rotatable bonds is 10. The van der Waals surface area contributed by atoms with Gasteiger partial charge in [0.25, 0.3) is 5.91 Å². The predicted molar refractivity (Wildman–Crippen MR) is 122 cm³/mol. The Morgan fingerprint density at radius 3 is 2.34 bits per heavy atom. The van der Waals surface area contributed by atoms with Crippen molar-refractivity contribution in [2.75, 3.05) is 26.2 Å². The Kier molecular flexibility index (Phi) is 7.40. The van der Waals surface area contributed by atoms with Crippen LogP contribution in [0.4, 0.5) is 0 Å². The molecule has 172 valence electrons. The van der Waals surface area contributed by atoms with Gasteiger partial charge in [-0.1, -0.05) is 26.0 Å². The van der Waals surface area contributed by atoms with E-state index in [1.807, 2.05) is 38.1 Å². The molecule has 0 saturated carbocycles. The summed E-state index contributed by atoms with van der Waals surface area (Å²) in [5.74, 6) is -0.158. The lowest BCUT2D eigenvalue weighted by Gasteiger charge is -2.29. The molecule has 32 heavy (non-hydrogen) atoms. The standard InChI is InChI=1S/C25H32N2O5/c1-6-26(7-2)14-15-27-22(18-9-11-19(12-10-18)31-16(3)4)21(24(29)25(27)30)23(28)20-13-8-17(5)32-20/h8-13,16,22,29H,6-7,14-15H2,1-5H3. The summed E-state index contributed by atoms with van der Waals surface area (Å²) in [6, 6.07) is 9.85. The molecule has 2 aromatic rings. The van der Waals surface area contributed by atoms with Crippen molar-refractivity contribution in [3.63, 3.8) is 0 Å². The van der Waals surface area contributed by atoms with Gasteiger partial charge in [-0.15, -0.1) is 0 Å². The van der Waals surface area contributed by atoms with Crippen molar-refractivity contribution >= 4 is 11.7 Å².